The van der Waals surface area contributed by atoms with Crippen LogP contribution in [0, 0.1) is 18.3 Å². The van der Waals surface area contributed by atoms with Gasteiger partial charge in [-0.15, -0.1) is 6.42 Å². The standard InChI is InChI=1S/C14H18/c1-4-12(3)6-7-14-10-8-13(5-2)9-11-14/h2,8-12H,4,6-7H2,1,3H3/t12-/m0/s1. The fraction of sp³-hybridized carbons (Fsp3) is 0.429. The van der Waals surface area contributed by atoms with E-state index in [-0.39, 0.29) is 0 Å². The van der Waals surface area contributed by atoms with Crippen molar-refractivity contribution in [3.8, 4) is 12.3 Å². The van der Waals surface area contributed by atoms with Crippen molar-refractivity contribution >= 4 is 0 Å². The molecule has 0 fully saturated rings. The van der Waals surface area contributed by atoms with Gasteiger partial charge in [0, 0.05) is 5.56 Å². The molecule has 0 radical (unpaired) electrons. The van der Waals surface area contributed by atoms with E-state index in [0.717, 1.165) is 11.5 Å². The first-order valence-corrected chi connectivity index (χ1v) is 5.31. The van der Waals surface area contributed by atoms with E-state index in [1.807, 2.05) is 12.1 Å². The van der Waals surface area contributed by atoms with Crippen LogP contribution in [-0.4, -0.2) is 0 Å². The van der Waals surface area contributed by atoms with Crippen LogP contribution in [-0.2, 0) is 6.42 Å². The topological polar surface area (TPSA) is 0 Å². The summed E-state index contributed by atoms with van der Waals surface area (Å²) >= 11 is 0. The maximum absolute atomic E-state index is 5.29. The zero-order chi connectivity index (χ0) is 10.4. The predicted octanol–water partition coefficient (Wildman–Crippen LogP) is 3.65. The van der Waals surface area contributed by atoms with Crippen LogP contribution in [0.1, 0.15) is 37.8 Å². The largest absolute Gasteiger partial charge is 0.115 e. The Morgan fingerprint density at radius 2 is 1.93 bits per heavy atom. The molecule has 0 nitrogen and oxygen atoms in total. The smallest absolute Gasteiger partial charge is 0.0242 e. The Kier molecular flexibility index (Phi) is 4.26. The van der Waals surface area contributed by atoms with Crippen molar-refractivity contribution in [1.82, 2.24) is 0 Å². The fourth-order valence-corrected chi connectivity index (χ4v) is 1.38. The van der Waals surface area contributed by atoms with Crippen molar-refractivity contribution in [3.05, 3.63) is 35.4 Å². The first-order valence-electron chi connectivity index (χ1n) is 5.31. The van der Waals surface area contributed by atoms with Crippen LogP contribution in [0.3, 0.4) is 0 Å². The van der Waals surface area contributed by atoms with Crippen LogP contribution >= 0.6 is 0 Å². The van der Waals surface area contributed by atoms with Crippen LogP contribution < -0.4 is 0 Å². The van der Waals surface area contributed by atoms with Crippen molar-refractivity contribution in [3.63, 3.8) is 0 Å². The Balaban J connectivity index is 2.49. The van der Waals surface area contributed by atoms with Gasteiger partial charge in [-0.1, -0.05) is 38.3 Å². The van der Waals surface area contributed by atoms with E-state index >= 15 is 0 Å². The third kappa shape index (κ3) is 3.26. The molecule has 0 aromatic heterocycles. The molecule has 0 spiro atoms. The van der Waals surface area contributed by atoms with Gasteiger partial charge in [-0.3, -0.25) is 0 Å². The summed E-state index contributed by atoms with van der Waals surface area (Å²) in [6, 6.07) is 8.31. The van der Waals surface area contributed by atoms with Gasteiger partial charge in [0.25, 0.3) is 0 Å². The first-order chi connectivity index (χ1) is 6.76. The van der Waals surface area contributed by atoms with Gasteiger partial charge in [-0.25, -0.2) is 0 Å². The summed E-state index contributed by atoms with van der Waals surface area (Å²) in [5.74, 6) is 3.45. The van der Waals surface area contributed by atoms with E-state index in [2.05, 4.69) is 31.9 Å². The molecule has 0 N–H and O–H groups in total. The summed E-state index contributed by atoms with van der Waals surface area (Å²) < 4.78 is 0. The number of rotatable bonds is 4. The lowest BCUT2D eigenvalue weighted by Gasteiger charge is -2.07. The molecule has 0 saturated heterocycles. The SMILES string of the molecule is C#Cc1ccc(CC[C@@H](C)CC)cc1. The normalized spacial score (nSPS) is 12.1. The molecule has 74 valence electrons. The van der Waals surface area contributed by atoms with Crippen molar-refractivity contribution in [2.45, 2.75) is 33.1 Å². The number of terminal acetylenes is 1. The van der Waals surface area contributed by atoms with Crippen LogP contribution in [0.15, 0.2) is 24.3 Å². The molecule has 1 atom stereocenters. The molecule has 0 aliphatic rings. The van der Waals surface area contributed by atoms with E-state index in [9.17, 15) is 0 Å². The molecule has 1 aromatic rings. The molecule has 0 aliphatic heterocycles. The van der Waals surface area contributed by atoms with E-state index in [0.29, 0.717) is 0 Å². The summed E-state index contributed by atoms with van der Waals surface area (Å²) in [6.07, 6.45) is 9.00. The van der Waals surface area contributed by atoms with E-state index in [1.54, 1.807) is 0 Å². The average Bonchev–Trinajstić information content (AvgIpc) is 2.26. The van der Waals surface area contributed by atoms with Gasteiger partial charge in [0.05, 0.1) is 0 Å². The highest BCUT2D eigenvalue weighted by atomic mass is 14.0. The predicted molar refractivity (Wildman–Crippen MR) is 62.2 cm³/mol. The molecule has 0 amide bonds. The van der Waals surface area contributed by atoms with E-state index in [4.69, 9.17) is 6.42 Å². The summed E-state index contributed by atoms with van der Waals surface area (Å²) in [5, 5.41) is 0. The quantitative estimate of drug-likeness (QED) is 0.630. The Morgan fingerprint density at radius 3 is 2.43 bits per heavy atom. The first kappa shape index (κ1) is 10.9. The minimum Gasteiger partial charge on any atom is -0.115 e. The number of hydrogen-bond acceptors (Lipinski definition) is 0. The second kappa shape index (κ2) is 5.50. The molecule has 0 aliphatic carbocycles. The van der Waals surface area contributed by atoms with Crippen molar-refractivity contribution in [2.75, 3.05) is 0 Å². The fourth-order valence-electron chi connectivity index (χ4n) is 1.38. The van der Waals surface area contributed by atoms with Crippen LogP contribution in [0.4, 0.5) is 0 Å². The molecule has 0 saturated carbocycles. The summed E-state index contributed by atoms with van der Waals surface area (Å²) in [6.45, 7) is 4.54. The maximum Gasteiger partial charge on any atom is 0.0242 e. The van der Waals surface area contributed by atoms with E-state index < -0.39 is 0 Å². The van der Waals surface area contributed by atoms with Crippen LogP contribution in [0.5, 0.6) is 0 Å². The van der Waals surface area contributed by atoms with E-state index in [1.165, 1.54) is 24.8 Å². The van der Waals surface area contributed by atoms with Gasteiger partial charge in [-0.05, 0) is 36.5 Å². The summed E-state index contributed by atoms with van der Waals surface area (Å²) in [7, 11) is 0. The summed E-state index contributed by atoms with van der Waals surface area (Å²) in [4.78, 5) is 0. The van der Waals surface area contributed by atoms with Gasteiger partial charge in [0.1, 0.15) is 0 Å². The Labute approximate surface area is 87.4 Å². The Morgan fingerprint density at radius 1 is 1.29 bits per heavy atom. The van der Waals surface area contributed by atoms with Crippen molar-refractivity contribution in [2.24, 2.45) is 5.92 Å². The van der Waals surface area contributed by atoms with Gasteiger partial charge in [-0.2, -0.15) is 0 Å². The second-order valence-electron chi connectivity index (χ2n) is 3.89. The van der Waals surface area contributed by atoms with Crippen molar-refractivity contribution < 1.29 is 0 Å². The number of benzene rings is 1. The highest BCUT2D eigenvalue weighted by Crippen LogP contribution is 2.12. The van der Waals surface area contributed by atoms with Gasteiger partial charge in [0.15, 0.2) is 0 Å². The lowest BCUT2D eigenvalue weighted by atomic mass is 9.98. The third-order valence-corrected chi connectivity index (χ3v) is 2.74. The molecular formula is C14H18. The minimum absolute atomic E-state index is 0.822. The Hall–Kier alpha value is -1.22. The number of aryl methyl sites for hydroxylation is 1. The van der Waals surface area contributed by atoms with Gasteiger partial charge >= 0.3 is 0 Å². The van der Waals surface area contributed by atoms with Gasteiger partial charge < -0.3 is 0 Å². The summed E-state index contributed by atoms with van der Waals surface area (Å²) in [5.41, 5.74) is 2.36. The highest BCUT2D eigenvalue weighted by molar-refractivity contribution is 5.34. The lowest BCUT2D eigenvalue weighted by molar-refractivity contribution is 0.516. The molecular weight excluding hydrogens is 168 g/mol. The molecule has 0 bridgehead atoms. The average molecular weight is 186 g/mol. The zero-order valence-corrected chi connectivity index (χ0v) is 9.09. The molecule has 1 aromatic carbocycles. The van der Waals surface area contributed by atoms with Crippen LogP contribution in [0.25, 0.3) is 0 Å². The van der Waals surface area contributed by atoms with Gasteiger partial charge in [0.2, 0.25) is 0 Å². The maximum atomic E-state index is 5.29. The molecule has 0 heterocycles. The molecule has 1 rings (SSSR count). The molecule has 0 heteroatoms. The molecule has 14 heavy (non-hydrogen) atoms. The monoisotopic (exact) mass is 186 g/mol. The molecule has 0 unspecified atom stereocenters. The second-order valence-corrected chi connectivity index (χ2v) is 3.89. The van der Waals surface area contributed by atoms with Crippen molar-refractivity contribution in [1.29, 1.82) is 0 Å². The van der Waals surface area contributed by atoms with Crippen LogP contribution in [0.2, 0.25) is 0 Å². The number of hydrogen-bond donors (Lipinski definition) is 0. The zero-order valence-electron chi connectivity index (χ0n) is 9.09. The Bertz CT molecular complexity index is 300. The lowest BCUT2D eigenvalue weighted by Crippen LogP contribution is -1.95. The highest BCUT2D eigenvalue weighted by Gasteiger charge is 1.99. The third-order valence-electron chi connectivity index (χ3n) is 2.74. The minimum atomic E-state index is 0.822.